The van der Waals surface area contributed by atoms with E-state index >= 15 is 0 Å². The molecular weight excluding hydrogens is 236 g/mol. The van der Waals surface area contributed by atoms with Gasteiger partial charge in [-0.25, -0.2) is 0 Å². The Morgan fingerprint density at radius 2 is 2.00 bits per heavy atom. The molecule has 1 aromatic rings. The van der Waals surface area contributed by atoms with Gasteiger partial charge in [-0.2, -0.15) is 0 Å². The number of rotatable bonds is 6. The number of carbonyl (C=O) groups is 2. The summed E-state index contributed by atoms with van der Waals surface area (Å²) in [6, 6.07) is 7.04. The lowest BCUT2D eigenvalue weighted by molar-refractivity contribution is -0.126. The number of aliphatic hydroxyl groups excluding tert-OH is 1. The lowest BCUT2D eigenvalue weighted by Crippen LogP contribution is -2.40. The zero-order chi connectivity index (χ0) is 13.5. The van der Waals surface area contributed by atoms with E-state index in [4.69, 9.17) is 15.6 Å². The third-order valence-electron chi connectivity index (χ3n) is 2.34. The second kappa shape index (κ2) is 6.61. The van der Waals surface area contributed by atoms with Crippen molar-refractivity contribution in [3.05, 3.63) is 29.8 Å². The van der Waals surface area contributed by atoms with E-state index in [0.717, 1.165) is 5.56 Å². The minimum absolute atomic E-state index is 0.162. The van der Waals surface area contributed by atoms with Crippen LogP contribution >= 0.6 is 0 Å². The number of nitrogens with one attached hydrogen (secondary N) is 1. The zero-order valence-corrected chi connectivity index (χ0v) is 10.1. The smallest absolute Gasteiger partial charge is 0.248 e. The third kappa shape index (κ3) is 4.42. The standard InChI is InChI=1S/C12H16N2O4/c1-18-9-4-2-8(3-5-9)6-11(16)14-7-10(15)12(13)17/h2-5,10,15H,6-7H2,1H3,(H2,13,17)(H,14,16). The quantitative estimate of drug-likeness (QED) is 0.617. The molecule has 0 aromatic heterocycles. The third-order valence-corrected chi connectivity index (χ3v) is 2.34. The largest absolute Gasteiger partial charge is 0.497 e. The van der Waals surface area contributed by atoms with Gasteiger partial charge < -0.3 is 20.9 Å². The van der Waals surface area contributed by atoms with Crippen LogP contribution in [0.25, 0.3) is 0 Å². The predicted molar refractivity (Wildman–Crippen MR) is 64.9 cm³/mol. The Morgan fingerprint density at radius 3 is 2.50 bits per heavy atom. The molecule has 2 amide bonds. The van der Waals surface area contributed by atoms with Crippen molar-refractivity contribution in [2.45, 2.75) is 12.5 Å². The molecule has 0 bridgehead atoms. The number of ether oxygens (including phenoxy) is 1. The molecule has 0 aliphatic heterocycles. The molecule has 0 aliphatic carbocycles. The van der Waals surface area contributed by atoms with Gasteiger partial charge in [-0.15, -0.1) is 0 Å². The van der Waals surface area contributed by atoms with Gasteiger partial charge in [0.1, 0.15) is 11.9 Å². The summed E-state index contributed by atoms with van der Waals surface area (Å²) in [5.41, 5.74) is 5.66. The summed E-state index contributed by atoms with van der Waals surface area (Å²) in [5.74, 6) is -0.441. The van der Waals surface area contributed by atoms with Gasteiger partial charge in [-0.1, -0.05) is 12.1 Å². The SMILES string of the molecule is COc1ccc(CC(=O)NCC(O)C(N)=O)cc1. The molecule has 6 heteroatoms. The highest BCUT2D eigenvalue weighted by Gasteiger charge is 2.12. The van der Waals surface area contributed by atoms with Crippen LogP contribution in [0, 0.1) is 0 Å². The number of benzene rings is 1. The highest BCUT2D eigenvalue weighted by Crippen LogP contribution is 2.11. The van der Waals surface area contributed by atoms with Crippen molar-refractivity contribution in [3.8, 4) is 5.75 Å². The van der Waals surface area contributed by atoms with Gasteiger partial charge in [-0.3, -0.25) is 9.59 Å². The van der Waals surface area contributed by atoms with Gasteiger partial charge in [0.15, 0.2) is 0 Å². The van der Waals surface area contributed by atoms with E-state index in [-0.39, 0.29) is 18.9 Å². The maximum absolute atomic E-state index is 11.5. The molecule has 18 heavy (non-hydrogen) atoms. The van der Waals surface area contributed by atoms with Crippen molar-refractivity contribution in [1.29, 1.82) is 0 Å². The Labute approximate surface area is 105 Å². The van der Waals surface area contributed by atoms with Crippen LogP contribution < -0.4 is 15.8 Å². The fraction of sp³-hybridized carbons (Fsp3) is 0.333. The van der Waals surface area contributed by atoms with Crippen molar-refractivity contribution < 1.29 is 19.4 Å². The van der Waals surface area contributed by atoms with Crippen LogP contribution in [0.4, 0.5) is 0 Å². The first-order chi connectivity index (χ1) is 8.52. The van der Waals surface area contributed by atoms with E-state index in [9.17, 15) is 9.59 Å². The molecule has 1 atom stereocenters. The minimum atomic E-state index is -1.36. The first-order valence-electron chi connectivity index (χ1n) is 5.40. The summed E-state index contributed by atoms with van der Waals surface area (Å²) < 4.78 is 4.99. The molecule has 6 nitrogen and oxygen atoms in total. The van der Waals surface area contributed by atoms with Crippen LogP contribution in [-0.2, 0) is 16.0 Å². The molecule has 0 spiro atoms. The van der Waals surface area contributed by atoms with Gasteiger partial charge in [-0.05, 0) is 17.7 Å². The van der Waals surface area contributed by atoms with E-state index in [2.05, 4.69) is 5.32 Å². The summed E-state index contributed by atoms with van der Waals surface area (Å²) >= 11 is 0. The monoisotopic (exact) mass is 252 g/mol. The molecule has 1 unspecified atom stereocenters. The van der Waals surface area contributed by atoms with Crippen molar-refractivity contribution in [3.63, 3.8) is 0 Å². The molecule has 0 heterocycles. The number of primary amides is 1. The lowest BCUT2D eigenvalue weighted by atomic mass is 10.1. The molecular formula is C12H16N2O4. The van der Waals surface area contributed by atoms with Crippen molar-refractivity contribution >= 4 is 11.8 Å². The number of hydrogen-bond donors (Lipinski definition) is 3. The van der Waals surface area contributed by atoms with Gasteiger partial charge in [0.05, 0.1) is 20.1 Å². The average molecular weight is 252 g/mol. The maximum Gasteiger partial charge on any atom is 0.248 e. The molecule has 0 radical (unpaired) electrons. The van der Waals surface area contributed by atoms with E-state index in [1.165, 1.54) is 0 Å². The van der Waals surface area contributed by atoms with Crippen LogP contribution in [0.2, 0.25) is 0 Å². The van der Waals surface area contributed by atoms with E-state index in [1.807, 2.05) is 0 Å². The van der Waals surface area contributed by atoms with Crippen molar-refractivity contribution in [2.24, 2.45) is 5.73 Å². The molecule has 0 saturated carbocycles. The second-order valence-corrected chi connectivity index (χ2v) is 3.75. The number of carbonyl (C=O) groups excluding carboxylic acids is 2. The van der Waals surface area contributed by atoms with E-state index < -0.39 is 12.0 Å². The predicted octanol–water partition coefficient (Wildman–Crippen LogP) is -0.800. The Hall–Kier alpha value is -2.08. The number of amides is 2. The number of aliphatic hydroxyl groups is 1. The highest BCUT2D eigenvalue weighted by atomic mass is 16.5. The fourth-order valence-corrected chi connectivity index (χ4v) is 1.30. The summed E-state index contributed by atoms with van der Waals surface area (Å²) in [6.45, 7) is -0.176. The van der Waals surface area contributed by atoms with Gasteiger partial charge >= 0.3 is 0 Å². The highest BCUT2D eigenvalue weighted by molar-refractivity contribution is 5.81. The number of hydrogen-bond acceptors (Lipinski definition) is 4. The van der Waals surface area contributed by atoms with Crippen LogP contribution in [-0.4, -0.2) is 36.7 Å². The summed E-state index contributed by atoms with van der Waals surface area (Å²) in [6.07, 6.45) is -1.19. The maximum atomic E-state index is 11.5. The Kier molecular flexibility index (Phi) is 5.13. The summed E-state index contributed by atoms with van der Waals surface area (Å²) in [7, 11) is 1.56. The van der Waals surface area contributed by atoms with E-state index in [0.29, 0.717) is 5.75 Å². The number of methoxy groups -OCH3 is 1. The first-order valence-corrected chi connectivity index (χ1v) is 5.40. The Balaban J connectivity index is 2.42. The van der Waals surface area contributed by atoms with Crippen molar-refractivity contribution in [1.82, 2.24) is 5.32 Å². The summed E-state index contributed by atoms with van der Waals surface area (Å²) in [5, 5.41) is 11.5. The molecule has 0 aliphatic rings. The van der Waals surface area contributed by atoms with E-state index in [1.54, 1.807) is 31.4 Å². The normalized spacial score (nSPS) is 11.7. The Morgan fingerprint density at radius 1 is 1.39 bits per heavy atom. The number of nitrogens with two attached hydrogens (primary N) is 1. The zero-order valence-electron chi connectivity index (χ0n) is 10.1. The van der Waals surface area contributed by atoms with Crippen LogP contribution in [0.5, 0.6) is 5.75 Å². The average Bonchev–Trinajstić information content (AvgIpc) is 2.36. The van der Waals surface area contributed by atoms with Crippen molar-refractivity contribution in [2.75, 3.05) is 13.7 Å². The van der Waals surface area contributed by atoms with Crippen LogP contribution in [0.1, 0.15) is 5.56 Å². The lowest BCUT2D eigenvalue weighted by Gasteiger charge is -2.08. The molecule has 4 N–H and O–H groups in total. The molecule has 0 saturated heterocycles. The first kappa shape index (κ1) is 14.0. The van der Waals surface area contributed by atoms with Crippen LogP contribution in [0.3, 0.4) is 0 Å². The van der Waals surface area contributed by atoms with Gasteiger partial charge in [0.2, 0.25) is 11.8 Å². The van der Waals surface area contributed by atoms with Crippen LogP contribution in [0.15, 0.2) is 24.3 Å². The molecule has 0 fully saturated rings. The fourth-order valence-electron chi connectivity index (χ4n) is 1.30. The topological polar surface area (TPSA) is 102 Å². The minimum Gasteiger partial charge on any atom is -0.497 e. The second-order valence-electron chi connectivity index (χ2n) is 3.75. The van der Waals surface area contributed by atoms with Gasteiger partial charge in [0, 0.05) is 0 Å². The Bertz CT molecular complexity index is 417. The molecule has 98 valence electrons. The molecule has 1 rings (SSSR count). The van der Waals surface area contributed by atoms with Gasteiger partial charge in [0.25, 0.3) is 0 Å². The summed E-state index contributed by atoms with van der Waals surface area (Å²) in [4.78, 5) is 22.0. The molecule has 1 aromatic carbocycles.